The summed E-state index contributed by atoms with van der Waals surface area (Å²) in [6.07, 6.45) is 11.8. The maximum absolute atomic E-state index is 5.80. The van der Waals surface area contributed by atoms with Crippen molar-refractivity contribution in [3.05, 3.63) is 47.3 Å². The van der Waals surface area contributed by atoms with E-state index in [0.29, 0.717) is 12.1 Å². The molecule has 142 valence electrons. The van der Waals surface area contributed by atoms with Crippen LogP contribution in [0, 0.1) is 6.92 Å². The van der Waals surface area contributed by atoms with Gasteiger partial charge in [-0.1, -0.05) is 13.0 Å². The zero-order valence-corrected chi connectivity index (χ0v) is 16.2. The van der Waals surface area contributed by atoms with Gasteiger partial charge in [0.1, 0.15) is 5.82 Å². The van der Waals surface area contributed by atoms with Crippen molar-refractivity contribution in [3.63, 3.8) is 0 Å². The molecule has 2 unspecified atom stereocenters. The lowest BCUT2D eigenvalue weighted by atomic mass is 9.90. The predicted molar refractivity (Wildman–Crippen MR) is 106 cm³/mol. The largest absolute Gasteiger partial charge is 0.335 e. The molecule has 3 N–H and O–H groups in total. The van der Waals surface area contributed by atoms with Crippen molar-refractivity contribution in [2.45, 2.75) is 77.4 Å². The van der Waals surface area contributed by atoms with Gasteiger partial charge < -0.3 is 15.6 Å². The van der Waals surface area contributed by atoms with E-state index in [1.165, 1.54) is 23.5 Å². The topological polar surface area (TPSA) is 68.8 Å². The van der Waals surface area contributed by atoms with Crippen LogP contribution in [0.5, 0.6) is 0 Å². The van der Waals surface area contributed by atoms with Crippen molar-refractivity contribution in [1.29, 1.82) is 0 Å². The molecule has 0 saturated carbocycles. The average Bonchev–Trinajstić information content (AvgIpc) is 2.99. The molecule has 0 saturated heterocycles. The van der Waals surface area contributed by atoms with E-state index >= 15 is 0 Å². The summed E-state index contributed by atoms with van der Waals surface area (Å²) in [7, 11) is 0. The molecule has 0 fully saturated rings. The summed E-state index contributed by atoms with van der Waals surface area (Å²) in [5.74, 6) is 1.19. The molecule has 0 aliphatic heterocycles. The van der Waals surface area contributed by atoms with Crippen LogP contribution in [0.4, 0.5) is 0 Å². The minimum atomic E-state index is 0.346. The summed E-state index contributed by atoms with van der Waals surface area (Å²) in [5, 5.41) is 3.90. The van der Waals surface area contributed by atoms with Crippen molar-refractivity contribution in [2.24, 2.45) is 5.73 Å². The second-order valence-corrected chi connectivity index (χ2v) is 7.48. The van der Waals surface area contributed by atoms with Gasteiger partial charge in [0.2, 0.25) is 0 Å². The molecule has 2 aromatic heterocycles. The van der Waals surface area contributed by atoms with Crippen LogP contribution in [0.25, 0.3) is 0 Å². The van der Waals surface area contributed by atoms with E-state index in [-0.39, 0.29) is 0 Å². The molecule has 5 nitrogen and oxygen atoms in total. The number of aryl methyl sites for hydroxylation is 3. The van der Waals surface area contributed by atoms with Gasteiger partial charge in [-0.2, -0.15) is 0 Å². The number of hydrogen-bond acceptors (Lipinski definition) is 4. The molecule has 1 aliphatic carbocycles. The summed E-state index contributed by atoms with van der Waals surface area (Å²) in [4.78, 5) is 9.47. The Balaban J connectivity index is 1.75. The summed E-state index contributed by atoms with van der Waals surface area (Å²) in [5.41, 5.74) is 9.55. The number of aromatic nitrogens is 3. The first-order chi connectivity index (χ1) is 12.7. The van der Waals surface area contributed by atoms with Gasteiger partial charge in [-0.15, -0.1) is 0 Å². The number of rotatable bonds is 9. The number of nitrogens with zero attached hydrogens (tertiary/aromatic N) is 3. The third kappa shape index (κ3) is 4.71. The quantitative estimate of drug-likeness (QED) is 0.724. The van der Waals surface area contributed by atoms with Gasteiger partial charge in [-0.3, -0.25) is 4.98 Å². The lowest BCUT2D eigenvalue weighted by Gasteiger charge is -2.30. The van der Waals surface area contributed by atoms with Gasteiger partial charge in [0.15, 0.2) is 0 Å². The fourth-order valence-electron chi connectivity index (χ4n) is 4.08. The molecule has 0 spiro atoms. The fraction of sp³-hybridized carbons (Fsp3) is 0.619. The maximum Gasteiger partial charge on any atom is 0.110 e. The van der Waals surface area contributed by atoms with Gasteiger partial charge in [0.25, 0.3) is 0 Å². The summed E-state index contributed by atoms with van der Waals surface area (Å²) >= 11 is 0. The molecule has 26 heavy (non-hydrogen) atoms. The minimum Gasteiger partial charge on any atom is -0.335 e. The van der Waals surface area contributed by atoms with Crippen molar-refractivity contribution in [3.8, 4) is 0 Å². The van der Waals surface area contributed by atoms with E-state index in [1.807, 2.05) is 6.20 Å². The number of hydrogen-bond donors (Lipinski definition) is 2. The normalized spacial score (nSPS) is 17.9. The van der Waals surface area contributed by atoms with Crippen LogP contribution in [0.15, 0.2) is 24.5 Å². The van der Waals surface area contributed by atoms with Gasteiger partial charge in [0.05, 0.1) is 11.4 Å². The second-order valence-electron chi connectivity index (χ2n) is 7.48. The molecule has 2 aromatic rings. The van der Waals surface area contributed by atoms with Crippen LogP contribution < -0.4 is 11.1 Å². The van der Waals surface area contributed by atoms with E-state index in [0.717, 1.165) is 57.3 Å². The Bertz CT molecular complexity index is 693. The van der Waals surface area contributed by atoms with E-state index in [9.17, 15) is 0 Å². The molecule has 2 heterocycles. The molecule has 0 aromatic carbocycles. The van der Waals surface area contributed by atoms with E-state index in [4.69, 9.17) is 10.7 Å². The summed E-state index contributed by atoms with van der Waals surface area (Å²) in [6.45, 7) is 6.07. The van der Waals surface area contributed by atoms with Crippen LogP contribution >= 0.6 is 0 Å². The second kappa shape index (κ2) is 9.28. The van der Waals surface area contributed by atoms with Crippen molar-refractivity contribution in [2.75, 3.05) is 6.54 Å². The zero-order chi connectivity index (χ0) is 18.4. The highest BCUT2D eigenvalue weighted by Gasteiger charge is 2.24. The van der Waals surface area contributed by atoms with Gasteiger partial charge in [-0.05, 0) is 63.6 Å². The highest BCUT2D eigenvalue weighted by Crippen LogP contribution is 2.28. The van der Waals surface area contributed by atoms with Gasteiger partial charge in [-0.25, -0.2) is 4.98 Å². The molecule has 0 radical (unpaired) electrons. The Morgan fingerprint density at radius 3 is 3.12 bits per heavy atom. The van der Waals surface area contributed by atoms with Crippen LogP contribution in [-0.4, -0.2) is 27.1 Å². The highest BCUT2D eigenvalue weighted by molar-refractivity contribution is 5.25. The number of imidazole rings is 1. The highest BCUT2D eigenvalue weighted by atomic mass is 15.1. The standard InChI is InChI=1S/C21H33N5/c1-3-13-26-15-16(2)24-20(26)14-18(9-5-11-22)25-19-10-4-7-17-8-6-12-23-21(17)19/h6,8,12,15,18-19,25H,3-5,7,9-11,13-14,22H2,1-2H3. The Kier molecular flexibility index (Phi) is 6.80. The Morgan fingerprint density at radius 2 is 2.31 bits per heavy atom. The molecule has 2 atom stereocenters. The number of fused-ring (bicyclic) bond motifs is 1. The first kappa shape index (κ1) is 19.1. The van der Waals surface area contributed by atoms with Crippen LogP contribution in [0.1, 0.15) is 67.8 Å². The number of pyridine rings is 1. The van der Waals surface area contributed by atoms with Gasteiger partial charge >= 0.3 is 0 Å². The zero-order valence-electron chi connectivity index (χ0n) is 16.2. The third-order valence-corrected chi connectivity index (χ3v) is 5.26. The maximum atomic E-state index is 5.80. The first-order valence-electron chi connectivity index (χ1n) is 10.1. The Labute approximate surface area is 157 Å². The van der Waals surface area contributed by atoms with E-state index in [1.54, 1.807) is 0 Å². The van der Waals surface area contributed by atoms with E-state index < -0.39 is 0 Å². The molecule has 1 aliphatic rings. The molecular formula is C21H33N5. The molecule has 5 heteroatoms. The number of nitrogens with one attached hydrogen (secondary N) is 1. The smallest absolute Gasteiger partial charge is 0.110 e. The Hall–Kier alpha value is -1.72. The van der Waals surface area contributed by atoms with E-state index in [2.05, 4.69) is 47.0 Å². The third-order valence-electron chi connectivity index (χ3n) is 5.26. The monoisotopic (exact) mass is 355 g/mol. The van der Waals surface area contributed by atoms with Crippen LogP contribution in [-0.2, 0) is 19.4 Å². The molecule has 0 bridgehead atoms. The summed E-state index contributed by atoms with van der Waals surface area (Å²) < 4.78 is 2.32. The first-order valence-corrected chi connectivity index (χ1v) is 10.1. The molecule has 0 amide bonds. The van der Waals surface area contributed by atoms with Gasteiger partial charge in [0, 0.05) is 37.4 Å². The van der Waals surface area contributed by atoms with Crippen LogP contribution in [0.2, 0.25) is 0 Å². The fourth-order valence-corrected chi connectivity index (χ4v) is 4.08. The average molecular weight is 356 g/mol. The van der Waals surface area contributed by atoms with Crippen molar-refractivity contribution >= 4 is 0 Å². The summed E-state index contributed by atoms with van der Waals surface area (Å²) in [6, 6.07) is 5.01. The lowest BCUT2D eigenvalue weighted by Crippen LogP contribution is -2.37. The minimum absolute atomic E-state index is 0.346. The number of nitrogens with two attached hydrogens (primary N) is 1. The van der Waals surface area contributed by atoms with Crippen molar-refractivity contribution in [1.82, 2.24) is 19.9 Å². The SMILES string of the molecule is CCCn1cc(C)nc1CC(CCCN)NC1CCCc2cccnc21. The molecule has 3 rings (SSSR count). The lowest BCUT2D eigenvalue weighted by molar-refractivity contribution is 0.360. The van der Waals surface area contributed by atoms with Crippen molar-refractivity contribution < 1.29 is 0 Å². The molecular weight excluding hydrogens is 322 g/mol. The van der Waals surface area contributed by atoms with Crippen LogP contribution in [0.3, 0.4) is 0 Å². The Morgan fingerprint density at radius 1 is 1.42 bits per heavy atom. The predicted octanol–water partition coefficient (Wildman–Crippen LogP) is 3.31.